The second-order valence-electron chi connectivity index (χ2n) is 3.05. The van der Waals surface area contributed by atoms with Crippen molar-refractivity contribution in [3.8, 4) is 0 Å². The first-order valence-electron chi connectivity index (χ1n) is 4.59. The van der Waals surface area contributed by atoms with E-state index in [1.54, 1.807) is 0 Å². The second-order valence-corrected chi connectivity index (χ2v) is 3.69. The zero-order valence-corrected chi connectivity index (χ0v) is 9.04. The quantitative estimate of drug-likeness (QED) is 0.494. The third-order valence-electron chi connectivity index (χ3n) is 2.27. The maximum atomic E-state index is 5.75. The molecule has 0 bridgehead atoms. The van der Waals surface area contributed by atoms with Crippen LogP contribution in [0, 0.1) is 0 Å². The van der Waals surface area contributed by atoms with Gasteiger partial charge in [0.2, 0.25) is 0 Å². The van der Waals surface area contributed by atoms with Gasteiger partial charge in [0.1, 0.15) is 7.28 Å². The van der Waals surface area contributed by atoms with Crippen LogP contribution in [0.15, 0.2) is 0 Å². The third-order valence-corrected chi connectivity index (χ3v) is 2.81. The molecule has 1 heterocycles. The zero-order chi connectivity index (χ0) is 8.97. The minimum Gasteiger partial charge on any atom is -0.381 e. The molecule has 1 radical (unpaired) electrons. The summed E-state index contributed by atoms with van der Waals surface area (Å²) in [5, 5.41) is 0. The minimum absolute atomic E-state index is 0.316. The van der Waals surface area contributed by atoms with Crippen LogP contribution in [0.25, 0.3) is 0 Å². The van der Waals surface area contributed by atoms with Crippen LogP contribution in [0.1, 0.15) is 19.8 Å². The van der Waals surface area contributed by atoms with Gasteiger partial charge in [0.15, 0.2) is 0 Å². The number of rotatable bonds is 4. The Labute approximate surface area is 77.5 Å². The molecule has 0 aromatic rings. The van der Waals surface area contributed by atoms with E-state index in [9.17, 15) is 0 Å². The Bertz CT molecular complexity index is 134. The highest BCUT2D eigenvalue weighted by atomic mass is 31.1. The second kappa shape index (κ2) is 5.21. The first-order chi connectivity index (χ1) is 5.81. The molecular weight excluding hydrogens is 170 g/mol. The summed E-state index contributed by atoms with van der Waals surface area (Å²) >= 11 is 0. The predicted octanol–water partition coefficient (Wildman–Crippen LogP) is 1.87. The molecule has 1 saturated heterocycles. The van der Waals surface area contributed by atoms with Gasteiger partial charge < -0.3 is 9.26 Å². The van der Waals surface area contributed by atoms with Crippen molar-refractivity contribution in [2.45, 2.75) is 44.8 Å². The normalized spacial score (nSPS) is 36.4. The van der Waals surface area contributed by atoms with Gasteiger partial charge in [0, 0.05) is 14.8 Å². The molecule has 0 spiro atoms. The number of ether oxygens (including phenoxy) is 1. The maximum Gasteiger partial charge on any atom is 0.146 e. The van der Waals surface area contributed by atoms with Crippen molar-refractivity contribution in [1.82, 2.24) is 0 Å². The lowest BCUT2D eigenvalue weighted by Gasteiger charge is -2.15. The molecule has 0 saturated carbocycles. The molecule has 0 aliphatic carbocycles. The highest BCUT2D eigenvalue weighted by Crippen LogP contribution is 2.28. The Morgan fingerprint density at radius 2 is 2.42 bits per heavy atom. The Morgan fingerprint density at radius 1 is 1.67 bits per heavy atom. The summed E-state index contributed by atoms with van der Waals surface area (Å²) in [6, 6.07) is 0.316. The average molecular weight is 187 g/mol. The molecule has 0 aromatic carbocycles. The van der Waals surface area contributed by atoms with Gasteiger partial charge in [-0.2, -0.15) is 0 Å². The molecule has 12 heavy (non-hydrogen) atoms. The largest absolute Gasteiger partial charge is 0.381 e. The van der Waals surface area contributed by atoms with Crippen molar-refractivity contribution in [3.05, 3.63) is 0 Å². The minimum atomic E-state index is 0.316. The molecule has 1 fully saturated rings. The smallest absolute Gasteiger partial charge is 0.146 e. The molecule has 2 unspecified atom stereocenters. The van der Waals surface area contributed by atoms with Crippen LogP contribution in [-0.2, 0) is 9.26 Å². The van der Waals surface area contributed by atoms with Gasteiger partial charge >= 0.3 is 0 Å². The number of hydrogen-bond donors (Lipinski definition) is 0. The van der Waals surface area contributed by atoms with Crippen LogP contribution < -0.4 is 0 Å². The van der Waals surface area contributed by atoms with Crippen LogP contribution >= 0.6 is 8.81 Å². The maximum absolute atomic E-state index is 5.75. The van der Waals surface area contributed by atoms with Gasteiger partial charge in [0.25, 0.3) is 0 Å². The highest BCUT2D eigenvalue weighted by Gasteiger charge is 2.33. The first-order valence-corrected chi connectivity index (χ1v) is 6.00. The molecule has 69 valence electrons. The van der Waals surface area contributed by atoms with Crippen molar-refractivity contribution < 1.29 is 9.26 Å². The van der Waals surface area contributed by atoms with Gasteiger partial charge in [-0.15, -0.1) is 0 Å². The molecule has 0 N–H and O–H groups in total. The predicted molar refractivity (Wildman–Crippen MR) is 54.3 cm³/mol. The van der Waals surface area contributed by atoms with Crippen molar-refractivity contribution in [3.63, 3.8) is 0 Å². The van der Waals surface area contributed by atoms with Crippen molar-refractivity contribution in [2.24, 2.45) is 0 Å². The average Bonchev–Trinajstić information content (AvgIpc) is 2.48. The molecule has 1 aliphatic heterocycles. The molecule has 1 rings (SSSR count). The molecular formula is C8H17BO2P. The first kappa shape index (κ1) is 10.5. The van der Waals surface area contributed by atoms with E-state index >= 15 is 0 Å². The molecule has 4 atom stereocenters. The summed E-state index contributed by atoms with van der Waals surface area (Å²) in [7, 11) is 2.69. The number of hydrogen-bond acceptors (Lipinski definition) is 2. The Morgan fingerprint density at radius 3 is 2.92 bits per heavy atom. The highest BCUT2D eigenvalue weighted by molar-refractivity contribution is 7.31. The summed E-state index contributed by atoms with van der Waals surface area (Å²) in [6.45, 7) is 6.27. The fourth-order valence-corrected chi connectivity index (χ4v) is 2.15. The summed E-state index contributed by atoms with van der Waals surface area (Å²) in [6.07, 6.45) is 2.74. The molecule has 1 aliphatic rings. The fourth-order valence-electron chi connectivity index (χ4n) is 1.60. The van der Waals surface area contributed by atoms with E-state index < -0.39 is 0 Å². The Hall–Kier alpha value is 0.415. The van der Waals surface area contributed by atoms with Gasteiger partial charge in [-0.05, 0) is 19.5 Å². The van der Waals surface area contributed by atoms with Crippen LogP contribution in [0.3, 0.4) is 0 Å². The van der Waals surface area contributed by atoms with Gasteiger partial charge in [0.05, 0.1) is 12.2 Å². The lowest BCUT2D eigenvalue weighted by atomic mass is 9.73. The summed E-state index contributed by atoms with van der Waals surface area (Å²) in [5.74, 6) is 0. The van der Waals surface area contributed by atoms with Crippen molar-refractivity contribution in [1.29, 1.82) is 0 Å². The van der Waals surface area contributed by atoms with E-state index in [1.807, 2.05) is 6.82 Å². The third kappa shape index (κ3) is 2.45. The van der Waals surface area contributed by atoms with E-state index in [4.69, 9.17) is 9.26 Å². The van der Waals surface area contributed by atoms with Crippen LogP contribution in [0.2, 0.25) is 6.82 Å². The van der Waals surface area contributed by atoms with Crippen molar-refractivity contribution in [2.75, 3.05) is 6.66 Å². The van der Waals surface area contributed by atoms with Crippen molar-refractivity contribution >= 4 is 16.1 Å². The zero-order valence-electron chi connectivity index (χ0n) is 8.04. The van der Waals surface area contributed by atoms with Crippen LogP contribution in [-0.4, -0.2) is 32.2 Å². The van der Waals surface area contributed by atoms with E-state index in [2.05, 4.69) is 20.9 Å². The van der Waals surface area contributed by atoms with E-state index in [1.165, 1.54) is 0 Å². The SMILES string of the molecule is C[B][C@H]1CC(OPC)[C@@H](CC)O1. The molecule has 0 amide bonds. The molecule has 2 nitrogen and oxygen atoms in total. The van der Waals surface area contributed by atoms with E-state index in [0.717, 1.165) is 12.8 Å². The molecule has 0 aromatic heterocycles. The monoisotopic (exact) mass is 187 g/mol. The standard InChI is InChI=1S/C8H17BO2P/c1-4-6-7(11-12-3)5-8(9-2)10-6/h6-8,12H,4-5H2,1-3H3/t6-,7?,8-/m1/s1. The van der Waals surface area contributed by atoms with Gasteiger partial charge in [-0.1, -0.05) is 13.7 Å². The fraction of sp³-hybridized carbons (Fsp3) is 1.00. The van der Waals surface area contributed by atoms with Gasteiger partial charge in [-0.3, -0.25) is 0 Å². The topological polar surface area (TPSA) is 18.5 Å². The van der Waals surface area contributed by atoms with E-state index in [0.29, 0.717) is 27.0 Å². The summed E-state index contributed by atoms with van der Waals surface area (Å²) in [4.78, 5) is 0. The van der Waals surface area contributed by atoms with E-state index in [-0.39, 0.29) is 0 Å². The Balaban J connectivity index is 2.39. The summed E-state index contributed by atoms with van der Waals surface area (Å²) in [5.41, 5.74) is 0. The van der Waals surface area contributed by atoms with Gasteiger partial charge in [-0.25, -0.2) is 0 Å². The lowest BCUT2D eigenvalue weighted by Crippen LogP contribution is -2.20. The van der Waals surface area contributed by atoms with Crippen LogP contribution in [0.5, 0.6) is 0 Å². The van der Waals surface area contributed by atoms with Crippen LogP contribution in [0.4, 0.5) is 0 Å². The Kier molecular flexibility index (Phi) is 4.56. The summed E-state index contributed by atoms with van der Waals surface area (Å²) < 4.78 is 11.4. The molecule has 4 heteroatoms. The lowest BCUT2D eigenvalue weighted by molar-refractivity contribution is 0.0444.